The standard InChI is InChI=1S/C17H26N4O2/c1-4-14-7-5-6-8-20(14)15(22)11-19-9-10-21-16(23)12(2)13(3)18-17(19)21/h14H,4-11H2,1-3H3. The van der Waals surface area contributed by atoms with Gasteiger partial charge in [-0.2, -0.15) is 0 Å². The largest absolute Gasteiger partial charge is 0.338 e. The Bertz CT molecular complexity index is 667. The van der Waals surface area contributed by atoms with Crippen LogP contribution >= 0.6 is 0 Å². The van der Waals surface area contributed by atoms with Crippen LogP contribution in [0.25, 0.3) is 0 Å². The van der Waals surface area contributed by atoms with Gasteiger partial charge in [-0.3, -0.25) is 14.2 Å². The molecule has 1 aromatic rings. The van der Waals surface area contributed by atoms with E-state index in [2.05, 4.69) is 11.9 Å². The molecule has 3 rings (SSSR count). The smallest absolute Gasteiger partial charge is 0.258 e. The molecular weight excluding hydrogens is 292 g/mol. The molecule has 2 aliphatic heterocycles. The molecule has 3 heterocycles. The molecule has 0 aromatic carbocycles. The third-order valence-corrected chi connectivity index (χ3v) is 5.24. The number of anilines is 1. The molecule has 1 saturated heterocycles. The zero-order valence-corrected chi connectivity index (χ0v) is 14.3. The van der Waals surface area contributed by atoms with Crippen molar-refractivity contribution in [1.29, 1.82) is 0 Å². The first-order chi connectivity index (χ1) is 11.0. The predicted molar refractivity (Wildman–Crippen MR) is 89.8 cm³/mol. The summed E-state index contributed by atoms with van der Waals surface area (Å²) < 4.78 is 1.70. The highest BCUT2D eigenvalue weighted by Gasteiger charge is 2.30. The van der Waals surface area contributed by atoms with E-state index in [0.717, 1.165) is 31.5 Å². The second-order valence-electron chi connectivity index (χ2n) is 6.65. The summed E-state index contributed by atoms with van der Waals surface area (Å²) in [6.07, 6.45) is 4.42. The first-order valence-corrected chi connectivity index (χ1v) is 8.65. The number of amides is 1. The number of hydrogen-bond acceptors (Lipinski definition) is 4. The van der Waals surface area contributed by atoms with Gasteiger partial charge in [-0.05, 0) is 39.5 Å². The summed E-state index contributed by atoms with van der Waals surface area (Å²) in [7, 11) is 0. The minimum Gasteiger partial charge on any atom is -0.338 e. The number of aryl methyl sites for hydroxylation is 1. The summed E-state index contributed by atoms with van der Waals surface area (Å²) in [5, 5.41) is 0. The van der Waals surface area contributed by atoms with E-state index in [1.54, 1.807) is 4.57 Å². The number of piperidine rings is 1. The summed E-state index contributed by atoms with van der Waals surface area (Å²) in [6, 6.07) is 0.369. The average molecular weight is 318 g/mol. The highest BCUT2D eigenvalue weighted by atomic mass is 16.2. The van der Waals surface area contributed by atoms with Gasteiger partial charge >= 0.3 is 0 Å². The first kappa shape index (κ1) is 16.0. The van der Waals surface area contributed by atoms with Gasteiger partial charge in [-0.15, -0.1) is 0 Å². The number of nitrogens with zero attached hydrogens (tertiary/aromatic N) is 4. The van der Waals surface area contributed by atoms with Gasteiger partial charge in [0.1, 0.15) is 0 Å². The summed E-state index contributed by atoms with van der Waals surface area (Å²) in [5.74, 6) is 0.814. The van der Waals surface area contributed by atoms with E-state index in [4.69, 9.17) is 0 Å². The molecule has 0 spiro atoms. The first-order valence-electron chi connectivity index (χ1n) is 8.65. The molecule has 2 aliphatic rings. The van der Waals surface area contributed by atoms with Gasteiger partial charge in [0.15, 0.2) is 0 Å². The molecule has 6 nitrogen and oxygen atoms in total. The molecule has 23 heavy (non-hydrogen) atoms. The molecule has 1 amide bonds. The van der Waals surface area contributed by atoms with Gasteiger partial charge in [-0.25, -0.2) is 4.98 Å². The van der Waals surface area contributed by atoms with Gasteiger partial charge in [0.2, 0.25) is 11.9 Å². The van der Waals surface area contributed by atoms with Crippen LogP contribution in [0.2, 0.25) is 0 Å². The number of fused-ring (bicyclic) bond motifs is 1. The number of carbonyl (C=O) groups is 1. The molecule has 126 valence electrons. The van der Waals surface area contributed by atoms with Crippen molar-refractivity contribution < 1.29 is 4.79 Å². The Balaban J connectivity index is 1.78. The van der Waals surface area contributed by atoms with E-state index in [9.17, 15) is 9.59 Å². The van der Waals surface area contributed by atoms with Gasteiger partial charge in [0.05, 0.1) is 6.54 Å². The second-order valence-corrected chi connectivity index (χ2v) is 6.65. The SMILES string of the molecule is CCC1CCCCN1C(=O)CN1CCn2c1nc(C)c(C)c2=O. The van der Waals surface area contributed by atoms with Crippen molar-refractivity contribution in [3.8, 4) is 0 Å². The van der Waals surface area contributed by atoms with Crippen molar-refractivity contribution in [2.75, 3.05) is 24.5 Å². The molecule has 0 radical (unpaired) electrons. The van der Waals surface area contributed by atoms with E-state index < -0.39 is 0 Å². The number of rotatable bonds is 3. The summed E-state index contributed by atoms with van der Waals surface area (Å²) in [5.41, 5.74) is 1.47. The molecule has 1 atom stereocenters. The number of carbonyl (C=O) groups excluding carboxylic acids is 1. The van der Waals surface area contributed by atoms with Gasteiger partial charge in [-0.1, -0.05) is 6.92 Å². The Morgan fingerprint density at radius 2 is 2.00 bits per heavy atom. The Hall–Kier alpha value is -1.85. The Morgan fingerprint density at radius 3 is 2.74 bits per heavy atom. The monoisotopic (exact) mass is 318 g/mol. The van der Waals surface area contributed by atoms with Crippen LogP contribution in [0.5, 0.6) is 0 Å². The molecular formula is C17H26N4O2. The van der Waals surface area contributed by atoms with E-state index in [1.165, 1.54) is 6.42 Å². The number of aromatic nitrogens is 2. The lowest BCUT2D eigenvalue weighted by molar-refractivity contribution is -0.133. The van der Waals surface area contributed by atoms with Gasteiger partial charge < -0.3 is 9.80 Å². The lowest BCUT2D eigenvalue weighted by atomic mass is 10.00. The Kier molecular flexibility index (Phi) is 4.41. The van der Waals surface area contributed by atoms with Crippen LogP contribution in [0.4, 0.5) is 5.95 Å². The van der Waals surface area contributed by atoms with E-state index in [1.807, 2.05) is 23.6 Å². The van der Waals surface area contributed by atoms with Crippen molar-refractivity contribution in [2.24, 2.45) is 0 Å². The normalized spacial score (nSPS) is 20.7. The zero-order valence-electron chi connectivity index (χ0n) is 14.3. The van der Waals surface area contributed by atoms with Crippen LogP contribution in [0, 0.1) is 13.8 Å². The summed E-state index contributed by atoms with van der Waals surface area (Å²) >= 11 is 0. The summed E-state index contributed by atoms with van der Waals surface area (Å²) in [4.78, 5) is 33.6. The molecule has 0 aliphatic carbocycles. The third kappa shape index (κ3) is 2.86. The molecule has 1 fully saturated rings. The van der Waals surface area contributed by atoms with Crippen LogP contribution in [0.3, 0.4) is 0 Å². The van der Waals surface area contributed by atoms with Gasteiger partial charge in [0, 0.05) is 36.9 Å². The molecule has 1 unspecified atom stereocenters. The summed E-state index contributed by atoms with van der Waals surface area (Å²) in [6.45, 7) is 8.30. The highest BCUT2D eigenvalue weighted by molar-refractivity contribution is 5.81. The number of likely N-dealkylation sites (tertiary alicyclic amines) is 1. The molecule has 0 saturated carbocycles. The Labute approximate surface area is 137 Å². The third-order valence-electron chi connectivity index (χ3n) is 5.24. The average Bonchev–Trinajstić information content (AvgIpc) is 2.95. The van der Waals surface area contributed by atoms with Gasteiger partial charge in [0.25, 0.3) is 5.56 Å². The van der Waals surface area contributed by atoms with Crippen molar-refractivity contribution in [1.82, 2.24) is 14.5 Å². The Morgan fingerprint density at radius 1 is 1.22 bits per heavy atom. The molecule has 0 N–H and O–H groups in total. The van der Waals surface area contributed by atoms with Crippen molar-refractivity contribution in [3.63, 3.8) is 0 Å². The predicted octanol–water partition coefficient (Wildman–Crippen LogP) is 1.47. The van der Waals surface area contributed by atoms with Crippen LogP contribution in [-0.4, -0.2) is 46.0 Å². The minimum absolute atomic E-state index is 0.0202. The second kappa shape index (κ2) is 6.34. The van der Waals surface area contributed by atoms with Crippen molar-refractivity contribution in [3.05, 3.63) is 21.6 Å². The maximum absolute atomic E-state index is 12.7. The van der Waals surface area contributed by atoms with Crippen LogP contribution < -0.4 is 10.5 Å². The van der Waals surface area contributed by atoms with E-state index in [0.29, 0.717) is 37.2 Å². The van der Waals surface area contributed by atoms with Crippen molar-refractivity contribution >= 4 is 11.9 Å². The van der Waals surface area contributed by atoms with Crippen LogP contribution in [-0.2, 0) is 11.3 Å². The van der Waals surface area contributed by atoms with Crippen molar-refractivity contribution in [2.45, 2.75) is 59.0 Å². The quantitative estimate of drug-likeness (QED) is 0.847. The maximum atomic E-state index is 12.7. The molecule has 0 bridgehead atoms. The molecule has 1 aromatic heterocycles. The van der Waals surface area contributed by atoms with E-state index in [-0.39, 0.29) is 11.5 Å². The maximum Gasteiger partial charge on any atom is 0.258 e. The van der Waals surface area contributed by atoms with Crippen LogP contribution in [0.1, 0.15) is 43.9 Å². The highest BCUT2D eigenvalue weighted by Crippen LogP contribution is 2.22. The zero-order chi connectivity index (χ0) is 16.6. The lowest BCUT2D eigenvalue weighted by Crippen LogP contribution is -2.47. The number of hydrogen-bond donors (Lipinski definition) is 0. The lowest BCUT2D eigenvalue weighted by Gasteiger charge is -2.36. The van der Waals surface area contributed by atoms with Crippen LogP contribution in [0.15, 0.2) is 4.79 Å². The minimum atomic E-state index is 0.0202. The fourth-order valence-corrected chi connectivity index (χ4v) is 3.66. The fourth-order valence-electron chi connectivity index (χ4n) is 3.66. The molecule has 6 heteroatoms. The fraction of sp³-hybridized carbons (Fsp3) is 0.706. The topological polar surface area (TPSA) is 58.4 Å². The van der Waals surface area contributed by atoms with E-state index >= 15 is 0 Å².